The topological polar surface area (TPSA) is 8.81 Å². The summed E-state index contributed by atoms with van der Waals surface area (Å²) in [6.07, 6.45) is 25.5. The molecule has 1 heterocycles. The molecule has 2 aromatic rings. The first-order valence-corrected chi connectivity index (χ1v) is 12.9. The molecule has 0 aliphatic rings. The van der Waals surface area contributed by atoms with Gasteiger partial charge in [0.2, 0.25) is 0 Å². The Morgan fingerprint density at radius 2 is 1.20 bits per heavy atom. The smallest absolute Gasteiger partial charge is 0.232 e. The summed E-state index contributed by atoms with van der Waals surface area (Å²) in [5.41, 5.74) is 1.28. The zero-order chi connectivity index (χ0) is 21.4. The molecule has 0 N–H and O–H groups in total. The van der Waals surface area contributed by atoms with Gasteiger partial charge in [-0.15, -0.1) is 0 Å². The Morgan fingerprint density at radius 1 is 0.700 bits per heavy atom. The van der Waals surface area contributed by atoms with Crippen LogP contribution in [0.4, 0.5) is 0 Å². The monoisotopic (exact) mass is 411 g/mol. The molecule has 0 atom stereocenters. The SMILES string of the molecule is CCCCCCCCCCCCCCCCc1n(-c2ccccc2)cc[n+]1C(C)C. The average molecular weight is 412 g/mol. The lowest BCUT2D eigenvalue weighted by Gasteiger charge is -2.08. The van der Waals surface area contributed by atoms with E-state index in [1.165, 1.54) is 101 Å². The van der Waals surface area contributed by atoms with Gasteiger partial charge in [-0.3, -0.25) is 0 Å². The molecular formula is C28H47N2+. The van der Waals surface area contributed by atoms with Gasteiger partial charge in [-0.2, -0.15) is 4.57 Å². The number of rotatable bonds is 17. The maximum atomic E-state index is 2.44. The highest BCUT2D eigenvalue weighted by molar-refractivity contribution is 5.31. The summed E-state index contributed by atoms with van der Waals surface area (Å²) >= 11 is 0. The number of hydrogen-bond acceptors (Lipinski definition) is 0. The Morgan fingerprint density at radius 3 is 1.70 bits per heavy atom. The van der Waals surface area contributed by atoms with Crippen molar-refractivity contribution in [3.8, 4) is 5.69 Å². The summed E-state index contributed by atoms with van der Waals surface area (Å²) in [6.45, 7) is 6.86. The van der Waals surface area contributed by atoms with Crippen LogP contribution in [0.15, 0.2) is 42.7 Å². The molecular weight excluding hydrogens is 364 g/mol. The van der Waals surface area contributed by atoms with Gasteiger partial charge in [0.1, 0.15) is 18.1 Å². The fourth-order valence-corrected chi connectivity index (χ4v) is 4.46. The van der Waals surface area contributed by atoms with E-state index in [1.54, 1.807) is 0 Å². The predicted octanol–water partition coefficient (Wildman–Crippen LogP) is 8.37. The number of imidazole rings is 1. The van der Waals surface area contributed by atoms with E-state index in [0.717, 1.165) is 6.42 Å². The number of benzene rings is 1. The maximum Gasteiger partial charge on any atom is 0.261 e. The second kappa shape index (κ2) is 15.3. The fourth-order valence-electron chi connectivity index (χ4n) is 4.46. The van der Waals surface area contributed by atoms with Crippen molar-refractivity contribution in [3.05, 3.63) is 48.5 Å². The van der Waals surface area contributed by atoms with Gasteiger partial charge in [0.15, 0.2) is 0 Å². The Balaban J connectivity index is 1.58. The van der Waals surface area contributed by atoms with Crippen LogP contribution >= 0.6 is 0 Å². The molecule has 0 saturated carbocycles. The lowest BCUT2D eigenvalue weighted by Crippen LogP contribution is -2.39. The van der Waals surface area contributed by atoms with Crippen LogP contribution in [0.1, 0.15) is 123 Å². The standard InChI is InChI=1S/C28H47N2/c1-4-5-6-7-8-9-10-11-12-13-14-15-16-20-23-28-29(26(2)3)24-25-30(28)27-21-18-17-19-22-27/h17-19,21-22,24-26H,4-16,20,23H2,1-3H3/q+1. The number of hydrogen-bond donors (Lipinski definition) is 0. The third kappa shape index (κ3) is 9.06. The van der Waals surface area contributed by atoms with Crippen molar-refractivity contribution in [1.82, 2.24) is 4.57 Å². The van der Waals surface area contributed by atoms with Gasteiger partial charge in [-0.25, -0.2) is 4.57 Å². The van der Waals surface area contributed by atoms with Crippen LogP contribution < -0.4 is 4.57 Å². The number of unbranched alkanes of at least 4 members (excludes halogenated alkanes) is 13. The van der Waals surface area contributed by atoms with Crippen molar-refractivity contribution in [2.24, 2.45) is 0 Å². The summed E-state index contributed by atoms with van der Waals surface area (Å²) in [5, 5.41) is 0. The molecule has 0 radical (unpaired) electrons. The normalized spacial score (nSPS) is 11.5. The molecule has 0 aliphatic heterocycles. The second-order valence-electron chi connectivity index (χ2n) is 9.27. The molecule has 0 fully saturated rings. The van der Waals surface area contributed by atoms with Crippen molar-refractivity contribution < 1.29 is 4.57 Å². The third-order valence-electron chi connectivity index (χ3n) is 6.30. The maximum absolute atomic E-state index is 2.44. The van der Waals surface area contributed by atoms with Crippen LogP contribution in [0.2, 0.25) is 0 Å². The molecule has 1 aromatic carbocycles. The first-order valence-electron chi connectivity index (χ1n) is 12.9. The summed E-state index contributed by atoms with van der Waals surface area (Å²) in [6, 6.07) is 11.3. The van der Waals surface area contributed by atoms with Gasteiger partial charge >= 0.3 is 0 Å². The largest absolute Gasteiger partial charge is 0.261 e. The highest BCUT2D eigenvalue weighted by Crippen LogP contribution is 2.16. The van der Waals surface area contributed by atoms with Crippen molar-refractivity contribution in [2.45, 2.75) is 123 Å². The Bertz CT molecular complexity index is 657. The third-order valence-corrected chi connectivity index (χ3v) is 6.30. The average Bonchev–Trinajstić information content (AvgIpc) is 3.19. The van der Waals surface area contributed by atoms with Gasteiger partial charge in [-0.05, 0) is 32.4 Å². The second-order valence-corrected chi connectivity index (χ2v) is 9.27. The van der Waals surface area contributed by atoms with E-state index >= 15 is 0 Å². The van der Waals surface area contributed by atoms with E-state index in [4.69, 9.17) is 0 Å². The molecule has 1 aromatic heterocycles. The lowest BCUT2D eigenvalue weighted by atomic mass is 10.0. The van der Waals surface area contributed by atoms with Crippen molar-refractivity contribution >= 4 is 0 Å². The van der Waals surface area contributed by atoms with Crippen molar-refractivity contribution in [1.29, 1.82) is 0 Å². The van der Waals surface area contributed by atoms with E-state index in [9.17, 15) is 0 Å². The highest BCUT2D eigenvalue weighted by atomic mass is 15.2. The fraction of sp³-hybridized carbons (Fsp3) is 0.679. The van der Waals surface area contributed by atoms with Crippen LogP contribution in [-0.2, 0) is 6.42 Å². The zero-order valence-electron chi connectivity index (χ0n) is 20.1. The van der Waals surface area contributed by atoms with E-state index in [0.29, 0.717) is 6.04 Å². The molecule has 0 saturated heterocycles. The van der Waals surface area contributed by atoms with Gasteiger partial charge in [0.05, 0.1) is 6.04 Å². The summed E-state index contributed by atoms with van der Waals surface area (Å²) in [4.78, 5) is 0. The molecule has 0 spiro atoms. The molecule has 2 heteroatoms. The van der Waals surface area contributed by atoms with Crippen molar-refractivity contribution in [3.63, 3.8) is 0 Å². The minimum absolute atomic E-state index is 0.511. The summed E-state index contributed by atoms with van der Waals surface area (Å²) in [7, 11) is 0. The van der Waals surface area contributed by atoms with Crippen LogP contribution in [0.3, 0.4) is 0 Å². The molecule has 30 heavy (non-hydrogen) atoms. The first kappa shape index (κ1) is 24.7. The van der Waals surface area contributed by atoms with Gasteiger partial charge < -0.3 is 0 Å². The quantitative estimate of drug-likeness (QED) is 0.183. The minimum Gasteiger partial charge on any atom is -0.232 e. The van der Waals surface area contributed by atoms with Gasteiger partial charge in [-0.1, -0.05) is 109 Å². The Labute approximate surface area is 186 Å². The van der Waals surface area contributed by atoms with E-state index in [2.05, 4.69) is 72.6 Å². The number of aromatic nitrogens is 2. The summed E-state index contributed by atoms with van der Waals surface area (Å²) < 4.78 is 4.82. The van der Waals surface area contributed by atoms with E-state index < -0.39 is 0 Å². The minimum atomic E-state index is 0.511. The molecule has 0 bridgehead atoms. The number of nitrogens with zero attached hydrogens (tertiary/aromatic N) is 2. The van der Waals surface area contributed by atoms with Crippen LogP contribution in [0, 0.1) is 0 Å². The zero-order valence-corrected chi connectivity index (χ0v) is 20.1. The lowest BCUT2D eigenvalue weighted by molar-refractivity contribution is -0.722. The van der Waals surface area contributed by atoms with Gasteiger partial charge in [0.25, 0.3) is 5.82 Å². The molecule has 0 aliphatic carbocycles. The van der Waals surface area contributed by atoms with E-state index in [1.807, 2.05) is 0 Å². The number of para-hydroxylation sites is 1. The highest BCUT2D eigenvalue weighted by Gasteiger charge is 2.20. The predicted molar refractivity (Wildman–Crippen MR) is 130 cm³/mol. The Kier molecular flexibility index (Phi) is 12.6. The molecule has 168 valence electrons. The first-order chi connectivity index (χ1) is 14.7. The van der Waals surface area contributed by atoms with Gasteiger partial charge in [0, 0.05) is 6.42 Å². The molecule has 0 unspecified atom stereocenters. The summed E-state index contributed by atoms with van der Waals surface area (Å²) in [5.74, 6) is 1.44. The van der Waals surface area contributed by atoms with Crippen LogP contribution in [-0.4, -0.2) is 4.57 Å². The Hall–Kier alpha value is -1.57. The molecule has 2 nitrogen and oxygen atoms in total. The molecule has 0 amide bonds. The van der Waals surface area contributed by atoms with Crippen LogP contribution in [0.5, 0.6) is 0 Å². The molecule has 2 rings (SSSR count). The van der Waals surface area contributed by atoms with E-state index in [-0.39, 0.29) is 0 Å². The van der Waals surface area contributed by atoms with Crippen molar-refractivity contribution in [2.75, 3.05) is 0 Å². The van der Waals surface area contributed by atoms with Crippen LogP contribution in [0.25, 0.3) is 5.69 Å².